The van der Waals surface area contributed by atoms with Gasteiger partial charge in [0.15, 0.2) is 5.82 Å². The smallest absolute Gasteiger partial charge is 0.410 e. The summed E-state index contributed by atoms with van der Waals surface area (Å²) in [5.74, 6) is 1.13. The van der Waals surface area contributed by atoms with Gasteiger partial charge < -0.3 is 14.8 Å². The van der Waals surface area contributed by atoms with Crippen molar-refractivity contribution < 1.29 is 14.3 Å². The molecule has 4 rings (SSSR count). The Morgan fingerprint density at radius 1 is 0.972 bits per heavy atom. The molecule has 0 bridgehead atoms. The van der Waals surface area contributed by atoms with Crippen LogP contribution in [-0.2, 0) is 18.0 Å². The maximum atomic E-state index is 12.3. The lowest BCUT2D eigenvalue weighted by Gasteiger charge is -2.15. The molecule has 1 amide bonds. The highest BCUT2D eigenvalue weighted by Crippen LogP contribution is 2.27. The van der Waals surface area contributed by atoms with Crippen LogP contribution >= 0.6 is 0 Å². The van der Waals surface area contributed by atoms with Gasteiger partial charge in [0.25, 0.3) is 0 Å². The van der Waals surface area contributed by atoms with E-state index in [9.17, 15) is 4.79 Å². The Kier molecular flexibility index (Phi) is 8.24. The lowest BCUT2D eigenvalue weighted by atomic mass is 10.1. The van der Waals surface area contributed by atoms with E-state index in [2.05, 4.69) is 40.1 Å². The van der Waals surface area contributed by atoms with E-state index in [0.29, 0.717) is 24.8 Å². The first-order chi connectivity index (χ1) is 17.4. The Balaban J connectivity index is 1.41. The van der Waals surface area contributed by atoms with Crippen molar-refractivity contribution in [3.8, 4) is 28.3 Å². The highest BCUT2D eigenvalue weighted by atomic mass is 28.3. The van der Waals surface area contributed by atoms with Crippen molar-refractivity contribution in [3.63, 3.8) is 0 Å². The van der Waals surface area contributed by atoms with Gasteiger partial charge in [-0.3, -0.25) is 9.55 Å². The Bertz CT molecular complexity index is 1290. The second-order valence-corrected chi connectivity index (χ2v) is 15.3. The number of hydrogen-bond acceptors (Lipinski definition) is 6. The van der Waals surface area contributed by atoms with Gasteiger partial charge in [0, 0.05) is 44.7 Å². The molecule has 0 radical (unpaired) electrons. The molecule has 0 fully saturated rings. The van der Waals surface area contributed by atoms with E-state index >= 15 is 0 Å². The van der Waals surface area contributed by atoms with Crippen LogP contribution < -0.4 is 10.1 Å². The zero-order valence-electron chi connectivity index (χ0n) is 20.8. The Morgan fingerprint density at radius 2 is 1.78 bits per heavy atom. The van der Waals surface area contributed by atoms with E-state index in [4.69, 9.17) is 9.47 Å². The Labute approximate surface area is 212 Å². The van der Waals surface area contributed by atoms with Crippen molar-refractivity contribution in [1.82, 2.24) is 25.1 Å². The zero-order chi connectivity index (χ0) is 25.4. The fourth-order valence-electron chi connectivity index (χ4n) is 3.49. The first-order valence-electron chi connectivity index (χ1n) is 11.9. The van der Waals surface area contributed by atoms with Gasteiger partial charge >= 0.3 is 6.09 Å². The van der Waals surface area contributed by atoms with E-state index in [1.54, 1.807) is 24.8 Å². The van der Waals surface area contributed by atoms with Crippen LogP contribution in [0.4, 0.5) is 4.79 Å². The van der Waals surface area contributed by atoms with Crippen LogP contribution in [0.5, 0.6) is 5.75 Å². The fourth-order valence-corrected chi connectivity index (χ4v) is 4.24. The van der Waals surface area contributed by atoms with Gasteiger partial charge in [0.05, 0.1) is 0 Å². The van der Waals surface area contributed by atoms with Crippen molar-refractivity contribution in [2.45, 2.75) is 39.0 Å². The van der Waals surface area contributed by atoms with Crippen LogP contribution in [0.2, 0.25) is 25.7 Å². The summed E-state index contributed by atoms with van der Waals surface area (Å²) in [4.78, 5) is 16.7. The van der Waals surface area contributed by atoms with Crippen molar-refractivity contribution >= 4 is 14.2 Å². The minimum absolute atomic E-state index is 0.387. The van der Waals surface area contributed by atoms with Crippen LogP contribution in [0.3, 0.4) is 0 Å². The summed E-state index contributed by atoms with van der Waals surface area (Å²) in [6.45, 7) is 8.49. The lowest BCUT2D eigenvalue weighted by molar-refractivity contribution is 0.0880. The molecule has 186 valence electrons. The summed E-state index contributed by atoms with van der Waals surface area (Å²) in [5.41, 5.74) is 3.57. The molecule has 1 N–H and O–H groups in total. The molecule has 4 aromatic rings. The monoisotopic (exact) mass is 501 g/mol. The molecule has 0 aliphatic carbocycles. The van der Waals surface area contributed by atoms with Gasteiger partial charge in [-0.05, 0) is 35.4 Å². The van der Waals surface area contributed by atoms with Crippen molar-refractivity contribution in [2.24, 2.45) is 0 Å². The number of pyridine rings is 1. The first kappa shape index (κ1) is 25.3. The highest BCUT2D eigenvalue weighted by molar-refractivity contribution is 6.76. The minimum Gasteiger partial charge on any atom is -0.410 e. The predicted octanol–water partition coefficient (Wildman–Crippen LogP) is 5.61. The number of ether oxygens (including phenoxy) is 2. The van der Waals surface area contributed by atoms with Gasteiger partial charge in [0.1, 0.15) is 18.8 Å². The molecule has 2 heterocycles. The van der Waals surface area contributed by atoms with Crippen LogP contribution in [0.25, 0.3) is 22.5 Å². The summed E-state index contributed by atoms with van der Waals surface area (Å²) in [5, 5.41) is 11.1. The van der Waals surface area contributed by atoms with E-state index in [1.165, 1.54) is 0 Å². The number of carbonyl (C=O) groups excluding carboxylic acids is 1. The molecule has 0 spiro atoms. The van der Waals surface area contributed by atoms with Crippen LogP contribution in [-0.4, -0.2) is 40.5 Å². The molecular formula is C27H31N5O3Si. The third-order valence-corrected chi connectivity index (χ3v) is 7.20. The summed E-state index contributed by atoms with van der Waals surface area (Å²) < 4.78 is 13.2. The van der Waals surface area contributed by atoms with E-state index in [1.807, 2.05) is 59.2 Å². The van der Waals surface area contributed by atoms with Gasteiger partial charge in [-0.2, -0.15) is 0 Å². The lowest BCUT2D eigenvalue weighted by Crippen LogP contribution is -2.26. The van der Waals surface area contributed by atoms with E-state index in [-0.39, 0.29) is 0 Å². The number of hydrogen-bond donors (Lipinski definition) is 1. The van der Waals surface area contributed by atoms with E-state index < -0.39 is 14.2 Å². The van der Waals surface area contributed by atoms with Gasteiger partial charge in [-0.25, -0.2) is 4.79 Å². The normalized spacial score (nSPS) is 11.3. The minimum atomic E-state index is -1.15. The zero-order valence-corrected chi connectivity index (χ0v) is 21.8. The van der Waals surface area contributed by atoms with Gasteiger partial charge in [0.2, 0.25) is 0 Å². The molecule has 0 aliphatic rings. The standard InChI is InChI=1S/C27H31N5O3Si/c1-36(2,3)13-12-34-20-32-19-30-31-26(32)24-14-23(17-28-18-24)22-10-7-11-25(15-22)35-27(33)29-16-21-8-5-4-6-9-21/h4-11,14-15,17-19H,12-13,16,20H2,1-3H3,(H,29,33). The van der Waals surface area contributed by atoms with E-state index in [0.717, 1.165) is 34.9 Å². The molecule has 2 aromatic carbocycles. The second kappa shape index (κ2) is 11.7. The SMILES string of the molecule is C[Si](C)(C)CCOCn1cnnc1-c1cncc(-c2cccc(OC(=O)NCc3ccccc3)c2)c1. The first-order valence-corrected chi connectivity index (χ1v) is 15.6. The maximum Gasteiger partial charge on any atom is 0.412 e. The number of amides is 1. The van der Waals surface area contributed by atoms with Gasteiger partial charge in [-0.1, -0.05) is 62.1 Å². The number of carbonyl (C=O) groups is 1. The number of benzene rings is 2. The largest absolute Gasteiger partial charge is 0.412 e. The summed E-state index contributed by atoms with van der Waals surface area (Å²) in [7, 11) is -1.15. The quantitative estimate of drug-likeness (QED) is 0.224. The molecular weight excluding hydrogens is 470 g/mol. The van der Waals surface area contributed by atoms with Crippen LogP contribution in [0, 0.1) is 0 Å². The average Bonchev–Trinajstić information content (AvgIpc) is 3.34. The summed E-state index contributed by atoms with van der Waals surface area (Å²) in [6, 6.07) is 20.1. The number of nitrogens with one attached hydrogen (secondary N) is 1. The number of rotatable bonds is 10. The predicted molar refractivity (Wildman–Crippen MR) is 142 cm³/mol. The Hall–Kier alpha value is -3.82. The molecule has 9 heteroatoms. The number of nitrogens with zero attached hydrogens (tertiary/aromatic N) is 4. The fraction of sp³-hybridized carbons (Fsp3) is 0.259. The Morgan fingerprint density at radius 3 is 2.58 bits per heavy atom. The van der Waals surface area contributed by atoms with Gasteiger partial charge in [-0.15, -0.1) is 10.2 Å². The summed E-state index contributed by atoms with van der Waals surface area (Å²) >= 11 is 0. The second-order valence-electron chi connectivity index (χ2n) is 9.69. The molecule has 0 atom stereocenters. The molecule has 36 heavy (non-hydrogen) atoms. The highest BCUT2D eigenvalue weighted by Gasteiger charge is 2.14. The topological polar surface area (TPSA) is 91.2 Å². The summed E-state index contributed by atoms with van der Waals surface area (Å²) in [6.07, 6.45) is 4.68. The van der Waals surface area contributed by atoms with Crippen LogP contribution in [0.1, 0.15) is 5.56 Å². The third kappa shape index (κ3) is 7.34. The van der Waals surface area contributed by atoms with Crippen molar-refractivity contribution in [1.29, 1.82) is 0 Å². The molecule has 0 aliphatic heterocycles. The molecule has 2 aromatic heterocycles. The van der Waals surface area contributed by atoms with Crippen LogP contribution in [0.15, 0.2) is 79.4 Å². The van der Waals surface area contributed by atoms with Crippen molar-refractivity contribution in [2.75, 3.05) is 6.61 Å². The van der Waals surface area contributed by atoms with Crippen molar-refractivity contribution in [3.05, 3.63) is 84.9 Å². The third-order valence-electron chi connectivity index (χ3n) is 5.50. The average molecular weight is 502 g/mol. The molecule has 0 saturated carbocycles. The molecule has 0 saturated heterocycles. The number of aromatic nitrogens is 4. The molecule has 0 unspecified atom stereocenters. The molecule has 8 nitrogen and oxygen atoms in total. The maximum absolute atomic E-state index is 12.3.